The van der Waals surface area contributed by atoms with Gasteiger partial charge in [-0.15, -0.1) is 0 Å². The van der Waals surface area contributed by atoms with Crippen LogP contribution in [0, 0.1) is 11.6 Å². The van der Waals surface area contributed by atoms with Gasteiger partial charge in [-0.2, -0.15) is 0 Å². The minimum absolute atomic E-state index is 0.0344. The number of benzene rings is 2. The molecule has 0 bridgehead atoms. The highest BCUT2D eigenvalue weighted by Crippen LogP contribution is 2.16. The van der Waals surface area contributed by atoms with Gasteiger partial charge in [-0.1, -0.05) is 23.7 Å². The highest BCUT2D eigenvalue weighted by atomic mass is 35.5. The average molecular weight is 325 g/mol. The Kier molecular flexibility index (Phi) is 5.46. The van der Waals surface area contributed by atoms with Crippen LogP contribution in [0.3, 0.4) is 0 Å². The summed E-state index contributed by atoms with van der Waals surface area (Å²) in [4.78, 5) is 11.8. The minimum Gasteiger partial charge on any atom is -0.325 e. The zero-order valence-corrected chi connectivity index (χ0v) is 12.6. The molecule has 0 heterocycles. The number of carbonyl (C=O) groups is 1. The van der Waals surface area contributed by atoms with E-state index in [0.717, 1.165) is 12.1 Å². The van der Waals surface area contributed by atoms with Crippen molar-refractivity contribution in [1.29, 1.82) is 0 Å². The maximum absolute atomic E-state index is 13.2. The molecule has 0 spiro atoms. The van der Waals surface area contributed by atoms with E-state index >= 15 is 0 Å². The summed E-state index contributed by atoms with van der Waals surface area (Å²) in [5.41, 5.74) is 1.16. The average Bonchev–Trinajstić information content (AvgIpc) is 2.47. The third-order valence-corrected chi connectivity index (χ3v) is 3.36. The van der Waals surface area contributed by atoms with Crippen molar-refractivity contribution in [3.8, 4) is 0 Å². The Morgan fingerprint density at radius 3 is 2.64 bits per heavy atom. The SMILES string of the molecule is C[C@H](NCC(=O)Nc1cccc(Cl)c1)c1ccc(F)c(F)c1. The molecule has 0 saturated carbocycles. The van der Waals surface area contributed by atoms with Crippen molar-refractivity contribution in [1.82, 2.24) is 5.32 Å². The molecular weight excluding hydrogens is 310 g/mol. The van der Waals surface area contributed by atoms with E-state index in [-0.39, 0.29) is 18.5 Å². The lowest BCUT2D eigenvalue weighted by molar-refractivity contribution is -0.115. The normalized spacial score (nSPS) is 12.0. The molecule has 0 radical (unpaired) electrons. The summed E-state index contributed by atoms with van der Waals surface area (Å²) in [6.07, 6.45) is 0. The van der Waals surface area contributed by atoms with Gasteiger partial charge in [0.05, 0.1) is 6.54 Å². The molecule has 116 valence electrons. The summed E-state index contributed by atoms with van der Waals surface area (Å²) < 4.78 is 26.0. The Hall–Kier alpha value is -1.98. The third-order valence-electron chi connectivity index (χ3n) is 3.12. The van der Waals surface area contributed by atoms with Gasteiger partial charge in [-0.25, -0.2) is 8.78 Å². The molecule has 1 atom stereocenters. The van der Waals surface area contributed by atoms with Gasteiger partial charge in [0.15, 0.2) is 11.6 Å². The van der Waals surface area contributed by atoms with Gasteiger partial charge in [0, 0.05) is 16.8 Å². The van der Waals surface area contributed by atoms with Crippen molar-refractivity contribution in [2.45, 2.75) is 13.0 Å². The van der Waals surface area contributed by atoms with Crippen LogP contribution in [0.25, 0.3) is 0 Å². The molecule has 2 rings (SSSR count). The Balaban J connectivity index is 1.88. The molecule has 6 heteroatoms. The number of nitrogens with one attached hydrogen (secondary N) is 2. The van der Waals surface area contributed by atoms with Gasteiger partial charge >= 0.3 is 0 Å². The predicted molar refractivity (Wildman–Crippen MR) is 82.9 cm³/mol. The number of hydrogen-bond acceptors (Lipinski definition) is 2. The van der Waals surface area contributed by atoms with Crippen LogP contribution < -0.4 is 10.6 Å². The quantitative estimate of drug-likeness (QED) is 0.875. The molecule has 0 saturated heterocycles. The topological polar surface area (TPSA) is 41.1 Å². The minimum atomic E-state index is -0.908. The molecule has 3 nitrogen and oxygen atoms in total. The Morgan fingerprint density at radius 1 is 1.18 bits per heavy atom. The maximum Gasteiger partial charge on any atom is 0.238 e. The fourth-order valence-corrected chi connectivity index (χ4v) is 2.11. The largest absolute Gasteiger partial charge is 0.325 e. The lowest BCUT2D eigenvalue weighted by Gasteiger charge is -2.14. The number of hydrogen-bond donors (Lipinski definition) is 2. The number of halogens is 3. The van der Waals surface area contributed by atoms with E-state index < -0.39 is 11.6 Å². The number of anilines is 1. The summed E-state index contributed by atoms with van der Waals surface area (Å²) in [5, 5.41) is 6.16. The van der Waals surface area contributed by atoms with Crippen LogP contribution in [0.2, 0.25) is 5.02 Å². The van der Waals surface area contributed by atoms with Crippen LogP contribution >= 0.6 is 11.6 Å². The molecule has 0 aliphatic carbocycles. The van der Waals surface area contributed by atoms with Crippen molar-refractivity contribution in [2.24, 2.45) is 0 Å². The standard InChI is InChI=1S/C16H15ClF2N2O/c1-10(11-5-6-14(18)15(19)7-11)20-9-16(22)21-13-4-2-3-12(17)8-13/h2-8,10,20H,9H2,1H3,(H,21,22)/t10-/m0/s1. The third kappa shape index (κ3) is 4.51. The number of rotatable bonds is 5. The molecule has 0 aliphatic rings. The molecule has 0 aliphatic heterocycles. The molecule has 0 unspecified atom stereocenters. The van der Waals surface area contributed by atoms with Gasteiger partial charge < -0.3 is 10.6 Å². The smallest absolute Gasteiger partial charge is 0.238 e. The van der Waals surface area contributed by atoms with Crippen LogP contribution in [0.4, 0.5) is 14.5 Å². The van der Waals surface area contributed by atoms with Crippen LogP contribution in [0.5, 0.6) is 0 Å². The highest BCUT2D eigenvalue weighted by Gasteiger charge is 2.10. The van der Waals surface area contributed by atoms with E-state index in [0.29, 0.717) is 16.3 Å². The van der Waals surface area contributed by atoms with E-state index in [2.05, 4.69) is 10.6 Å². The molecule has 0 fully saturated rings. The first-order valence-corrected chi connectivity index (χ1v) is 7.07. The van der Waals surface area contributed by atoms with Crippen molar-refractivity contribution in [2.75, 3.05) is 11.9 Å². The highest BCUT2D eigenvalue weighted by molar-refractivity contribution is 6.30. The van der Waals surface area contributed by atoms with Crippen LogP contribution in [0.1, 0.15) is 18.5 Å². The molecular formula is C16H15ClF2N2O. The lowest BCUT2D eigenvalue weighted by atomic mass is 10.1. The van der Waals surface area contributed by atoms with Gasteiger partial charge in [0.25, 0.3) is 0 Å². The van der Waals surface area contributed by atoms with Crippen LogP contribution in [0.15, 0.2) is 42.5 Å². The summed E-state index contributed by atoms with van der Waals surface area (Å²) in [6.45, 7) is 1.80. The van der Waals surface area contributed by atoms with Crippen molar-refractivity contribution in [3.63, 3.8) is 0 Å². The van der Waals surface area contributed by atoms with Crippen molar-refractivity contribution in [3.05, 3.63) is 64.7 Å². The first-order valence-electron chi connectivity index (χ1n) is 6.69. The first-order chi connectivity index (χ1) is 10.5. The number of amides is 1. The zero-order valence-electron chi connectivity index (χ0n) is 11.9. The fourth-order valence-electron chi connectivity index (χ4n) is 1.92. The predicted octanol–water partition coefficient (Wildman–Crippen LogP) is 3.91. The van der Waals surface area contributed by atoms with Gasteiger partial charge in [0.1, 0.15) is 0 Å². The lowest BCUT2D eigenvalue weighted by Crippen LogP contribution is -2.30. The van der Waals surface area contributed by atoms with E-state index in [4.69, 9.17) is 11.6 Å². The van der Waals surface area contributed by atoms with Crippen molar-refractivity contribution < 1.29 is 13.6 Å². The monoisotopic (exact) mass is 324 g/mol. The first kappa shape index (κ1) is 16.4. The van der Waals surface area contributed by atoms with Crippen molar-refractivity contribution >= 4 is 23.2 Å². The zero-order chi connectivity index (χ0) is 16.1. The van der Waals surface area contributed by atoms with E-state index in [1.54, 1.807) is 31.2 Å². The van der Waals surface area contributed by atoms with E-state index in [9.17, 15) is 13.6 Å². The summed E-state index contributed by atoms with van der Waals surface area (Å²) in [5.74, 6) is -2.05. The van der Waals surface area contributed by atoms with Gasteiger partial charge in [0.2, 0.25) is 5.91 Å². The molecule has 0 aromatic heterocycles. The molecule has 1 amide bonds. The molecule has 22 heavy (non-hydrogen) atoms. The molecule has 2 aromatic carbocycles. The van der Waals surface area contributed by atoms with Crippen LogP contribution in [-0.4, -0.2) is 12.5 Å². The Bertz CT molecular complexity index is 679. The molecule has 2 aromatic rings. The van der Waals surface area contributed by atoms with Crippen LogP contribution in [-0.2, 0) is 4.79 Å². The second-order valence-electron chi connectivity index (χ2n) is 4.83. The maximum atomic E-state index is 13.2. The summed E-state index contributed by atoms with van der Waals surface area (Å²) >= 11 is 5.83. The Morgan fingerprint density at radius 2 is 1.95 bits per heavy atom. The second-order valence-corrected chi connectivity index (χ2v) is 5.27. The number of carbonyl (C=O) groups excluding carboxylic acids is 1. The molecule has 2 N–H and O–H groups in total. The van der Waals surface area contributed by atoms with Gasteiger partial charge in [-0.3, -0.25) is 4.79 Å². The fraction of sp³-hybridized carbons (Fsp3) is 0.188. The summed E-state index contributed by atoms with van der Waals surface area (Å²) in [7, 11) is 0. The van der Waals surface area contributed by atoms with E-state index in [1.165, 1.54) is 6.07 Å². The van der Waals surface area contributed by atoms with Gasteiger partial charge in [-0.05, 0) is 42.8 Å². The Labute approximate surface area is 132 Å². The summed E-state index contributed by atoms with van der Waals surface area (Å²) in [6, 6.07) is 10.2. The van der Waals surface area contributed by atoms with E-state index in [1.807, 2.05) is 0 Å². The second kappa shape index (κ2) is 7.33.